The number of aromatic nitrogens is 1. The van der Waals surface area contributed by atoms with Crippen molar-refractivity contribution in [2.75, 3.05) is 20.3 Å². The number of hydrogen-bond donors (Lipinski definition) is 0. The van der Waals surface area contributed by atoms with Crippen molar-refractivity contribution in [2.24, 2.45) is 10.9 Å². The molecule has 1 aromatic heterocycles. The number of hydrogen-bond acceptors (Lipinski definition) is 5. The minimum Gasteiger partial charge on any atom is -0.462 e. The van der Waals surface area contributed by atoms with E-state index in [1.807, 2.05) is 24.5 Å². The summed E-state index contributed by atoms with van der Waals surface area (Å²) in [6.45, 7) is 6.83. The third-order valence-electron chi connectivity index (χ3n) is 3.41. The molecule has 0 radical (unpaired) electrons. The fraction of sp³-hybridized carbons (Fsp3) is 0.471. The standard InChI is InChI=1S/C17H22N2O4S/c1-5-23-16(21)12-6-7-13-14(10-12)24-17(18-15(20)11(2)3)19(13)8-9-22-4/h6-7,10-11H,5,8-9H2,1-4H3. The Morgan fingerprint density at radius 1 is 1.33 bits per heavy atom. The molecule has 0 unspecified atom stereocenters. The monoisotopic (exact) mass is 350 g/mol. The van der Waals surface area contributed by atoms with Crippen LogP contribution in [0.4, 0.5) is 0 Å². The highest BCUT2D eigenvalue weighted by molar-refractivity contribution is 7.16. The van der Waals surface area contributed by atoms with Gasteiger partial charge in [0, 0.05) is 19.6 Å². The van der Waals surface area contributed by atoms with Gasteiger partial charge in [-0.1, -0.05) is 25.2 Å². The zero-order chi connectivity index (χ0) is 17.7. The number of esters is 1. The van der Waals surface area contributed by atoms with Crippen molar-refractivity contribution < 1.29 is 19.1 Å². The van der Waals surface area contributed by atoms with Crippen LogP contribution < -0.4 is 4.80 Å². The first-order valence-electron chi connectivity index (χ1n) is 7.86. The van der Waals surface area contributed by atoms with Crippen LogP contribution in [-0.2, 0) is 20.8 Å². The summed E-state index contributed by atoms with van der Waals surface area (Å²) < 4.78 is 13.0. The quantitative estimate of drug-likeness (QED) is 0.751. The Morgan fingerprint density at radius 3 is 2.71 bits per heavy atom. The molecule has 0 spiro atoms. The lowest BCUT2D eigenvalue weighted by atomic mass is 10.2. The van der Waals surface area contributed by atoms with Crippen molar-refractivity contribution in [2.45, 2.75) is 27.3 Å². The summed E-state index contributed by atoms with van der Waals surface area (Å²) in [4.78, 5) is 28.7. The van der Waals surface area contributed by atoms with Gasteiger partial charge in [0.15, 0.2) is 4.80 Å². The largest absolute Gasteiger partial charge is 0.462 e. The molecule has 0 aliphatic heterocycles. The maximum absolute atomic E-state index is 12.0. The highest BCUT2D eigenvalue weighted by atomic mass is 32.1. The molecule has 6 nitrogen and oxygen atoms in total. The molecule has 130 valence electrons. The molecule has 0 aliphatic rings. The van der Waals surface area contributed by atoms with Gasteiger partial charge in [0.05, 0.1) is 29.0 Å². The number of benzene rings is 1. The predicted octanol–water partition coefficient (Wildman–Crippen LogP) is 2.61. The zero-order valence-corrected chi connectivity index (χ0v) is 15.2. The molecule has 0 aliphatic carbocycles. The summed E-state index contributed by atoms with van der Waals surface area (Å²) in [6, 6.07) is 5.36. The van der Waals surface area contributed by atoms with Gasteiger partial charge in [-0.15, -0.1) is 0 Å². The Balaban J connectivity index is 2.55. The Hall–Kier alpha value is -1.99. The van der Waals surface area contributed by atoms with Crippen molar-refractivity contribution >= 4 is 33.4 Å². The van der Waals surface area contributed by atoms with Crippen LogP contribution in [0.2, 0.25) is 0 Å². The normalized spacial score (nSPS) is 12.1. The van der Waals surface area contributed by atoms with Crippen LogP contribution in [0, 0.1) is 5.92 Å². The van der Waals surface area contributed by atoms with E-state index in [4.69, 9.17) is 9.47 Å². The number of methoxy groups -OCH3 is 1. The molecule has 2 aromatic rings. The predicted molar refractivity (Wildman–Crippen MR) is 93.1 cm³/mol. The number of carbonyl (C=O) groups excluding carboxylic acids is 2. The molecule has 2 rings (SSSR count). The molecule has 0 atom stereocenters. The minimum atomic E-state index is -0.354. The maximum Gasteiger partial charge on any atom is 0.338 e. The SMILES string of the molecule is CCOC(=O)c1ccc2c(c1)sc(=NC(=O)C(C)C)n2CCOC. The van der Waals surface area contributed by atoms with Crippen molar-refractivity contribution in [1.82, 2.24) is 4.57 Å². The van der Waals surface area contributed by atoms with Crippen LogP contribution in [0.25, 0.3) is 10.2 Å². The van der Waals surface area contributed by atoms with Gasteiger partial charge in [-0.2, -0.15) is 4.99 Å². The van der Waals surface area contributed by atoms with E-state index in [1.54, 1.807) is 26.2 Å². The molecular weight excluding hydrogens is 328 g/mol. The Morgan fingerprint density at radius 2 is 2.08 bits per heavy atom. The van der Waals surface area contributed by atoms with E-state index in [0.29, 0.717) is 30.1 Å². The van der Waals surface area contributed by atoms with Crippen LogP contribution in [0.5, 0.6) is 0 Å². The van der Waals surface area contributed by atoms with E-state index in [9.17, 15) is 9.59 Å². The van der Waals surface area contributed by atoms with Crippen LogP contribution >= 0.6 is 11.3 Å². The Labute approximate surface area is 144 Å². The number of rotatable bonds is 6. The molecule has 0 saturated carbocycles. The fourth-order valence-corrected chi connectivity index (χ4v) is 3.22. The highest BCUT2D eigenvalue weighted by Gasteiger charge is 2.13. The summed E-state index contributed by atoms with van der Waals surface area (Å²) in [7, 11) is 1.63. The second-order valence-corrected chi connectivity index (χ2v) is 6.55. The summed E-state index contributed by atoms with van der Waals surface area (Å²) >= 11 is 1.38. The van der Waals surface area contributed by atoms with Crippen LogP contribution in [0.1, 0.15) is 31.1 Å². The maximum atomic E-state index is 12.0. The van der Waals surface area contributed by atoms with E-state index in [-0.39, 0.29) is 17.8 Å². The molecule has 1 aromatic carbocycles. The molecule has 7 heteroatoms. The van der Waals surface area contributed by atoms with Gasteiger partial charge in [-0.3, -0.25) is 4.79 Å². The van der Waals surface area contributed by atoms with Gasteiger partial charge >= 0.3 is 5.97 Å². The average Bonchev–Trinajstić information content (AvgIpc) is 2.89. The van der Waals surface area contributed by atoms with Crippen LogP contribution in [-0.4, -0.2) is 36.8 Å². The topological polar surface area (TPSA) is 69.9 Å². The number of amides is 1. The van der Waals surface area contributed by atoms with Crippen molar-refractivity contribution in [3.8, 4) is 0 Å². The summed E-state index contributed by atoms with van der Waals surface area (Å²) in [5.74, 6) is -0.687. The van der Waals surface area contributed by atoms with E-state index < -0.39 is 0 Å². The molecule has 24 heavy (non-hydrogen) atoms. The van der Waals surface area contributed by atoms with Crippen LogP contribution in [0.3, 0.4) is 0 Å². The first-order valence-corrected chi connectivity index (χ1v) is 8.67. The van der Waals surface area contributed by atoms with Crippen molar-refractivity contribution in [3.63, 3.8) is 0 Å². The van der Waals surface area contributed by atoms with Gasteiger partial charge in [-0.25, -0.2) is 4.79 Å². The Bertz CT molecular complexity index is 805. The second-order valence-electron chi connectivity index (χ2n) is 5.54. The van der Waals surface area contributed by atoms with Gasteiger partial charge in [0.2, 0.25) is 0 Å². The minimum absolute atomic E-state index is 0.166. The fourth-order valence-electron chi connectivity index (χ4n) is 2.12. The van der Waals surface area contributed by atoms with E-state index in [1.165, 1.54) is 11.3 Å². The molecule has 0 bridgehead atoms. The van der Waals surface area contributed by atoms with Crippen molar-refractivity contribution in [3.05, 3.63) is 28.6 Å². The third-order valence-corrected chi connectivity index (χ3v) is 4.45. The molecule has 0 fully saturated rings. The number of ether oxygens (including phenoxy) is 2. The molecule has 1 amide bonds. The summed E-state index contributed by atoms with van der Waals surface area (Å²) in [5.41, 5.74) is 1.41. The smallest absolute Gasteiger partial charge is 0.338 e. The third kappa shape index (κ3) is 4.10. The van der Waals surface area contributed by atoms with Gasteiger partial charge in [0.1, 0.15) is 0 Å². The average molecular weight is 350 g/mol. The van der Waals surface area contributed by atoms with Crippen molar-refractivity contribution in [1.29, 1.82) is 0 Å². The molecule has 0 saturated heterocycles. The number of fused-ring (bicyclic) bond motifs is 1. The lowest BCUT2D eigenvalue weighted by Gasteiger charge is -2.05. The second kappa shape index (κ2) is 8.21. The first-order chi connectivity index (χ1) is 11.5. The number of carbonyl (C=O) groups is 2. The van der Waals surface area contributed by atoms with E-state index in [2.05, 4.69) is 4.99 Å². The van der Waals surface area contributed by atoms with Gasteiger partial charge in [-0.05, 0) is 25.1 Å². The molecule has 0 N–H and O–H groups in total. The number of thiazole rings is 1. The Kier molecular flexibility index (Phi) is 6.28. The zero-order valence-electron chi connectivity index (χ0n) is 14.4. The van der Waals surface area contributed by atoms with Gasteiger partial charge in [0.25, 0.3) is 5.91 Å². The highest BCUT2D eigenvalue weighted by Crippen LogP contribution is 2.20. The van der Waals surface area contributed by atoms with E-state index >= 15 is 0 Å². The van der Waals surface area contributed by atoms with E-state index in [0.717, 1.165) is 10.2 Å². The summed E-state index contributed by atoms with van der Waals surface area (Å²) in [6.07, 6.45) is 0. The lowest BCUT2D eigenvalue weighted by Crippen LogP contribution is -2.20. The lowest BCUT2D eigenvalue weighted by molar-refractivity contribution is -0.120. The van der Waals surface area contributed by atoms with Gasteiger partial charge < -0.3 is 14.0 Å². The summed E-state index contributed by atoms with van der Waals surface area (Å²) in [5, 5.41) is 0. The number of nitrogens with zero attached hydrogens (tertiary/aromatic N) is 2. The van der Waals surface area contributed by atoms with Crippen LogP contribution in [0.15, 0.2) is 23.2 Å². The molecular formula is C17H22N2O4S. The first kappa shape index (κ1) is 18.4. The molecule has 1 heterocycles.